The second kappa shape index (κ2) is 10.2. The number of carbonyl (C=O) groups excluding carboxylic acids is 2. The molecule has 1 heterocycles. The molecule has 2 aromatic carbocycles. The predicted octanol–water partition coefficient (Wildman–Crippen LogP) is 3.42. The Hall–Kier alpha value is -2.75. The number of rotatable bonds is 6. The molecule has 32 heavy (non-hydrogen) atoms. The summed E-state index contributed by atoms with van der Waals surface area (Å²) in [6.45, 7) is 1.88. The highest BCUT2D eigenvalue weighted by atomic mass is 35.5. The van der Waals surface area contributed by atoms with Gasteiger partial charge in [0.2, 0.25) is 21.8 Å². The van der Waals surface area contributed by atoms with Crippen molar-refractivity contribution >= 4 is 45.2 Å². The van der Waals surface area contributed by atoms with Crippen LogP contribution in [0.3, 0.4) is 0 Å². The van der Waals surface area contributed by atoms with Gasteiger partial charge < -0.3 is 10.6 Å². The molecule has 0 radical (unpaired) electrons. The van der Waals surface area contributed by atoms with E-state index in [2.05, 4.69) is 10.6 Å². The van der Waals surface area contributed by atoms with Crippen LogP contribution in [-0.4, -0.2) is 43.7 Å². The van der Waals surface area contributed by atoms with Gasteiger partial charge in [0, 0.05) is 43.4 Å². The Bertz CT molecular complexity index is 1110. The number of piperidine rings is 1. The summed E-state index contributed by atoms with van der Waals surface area (Å²) in [5.41, 5.74) is 0.650. The molecular formula is C22H23ClFN3O4S. The average molecular weight is 480 g/mol. The van der Waals surface area contributed by atoms with E-state index >= 15 is 0 Å². The number of hydrogen-bond donors (Lipinski definition) is 2. The van der Waals surface area contributed by atoms with Gasteiger partial charge in [-0.25, -0.2) is 12.8 Å². The van der Waals surface area contributed by atoms with Gasteiger partial charge in [-0.2, -0.15) is 4.31 Å². The normalized spacial score (nSPS) is 15.6. The van der Waals surface area contributed by atoms with Crippen molar-refractivity contribution in [3.8, 4) is 0 Å². The maximum atomic E-state index is 13.8. The van der Waals surface area contributed by atoms with Gasteiger partial charge in [-0.05, 0) is 55.3 Å². The summed E-state index contributed by atoms with van der Waals surface area (Å²) in [6, 6.07) is 10.1. The number of sulfonamides is 1. The summed E-state index contributed by atoms with van der Waals surface area (Å²) in [6.07, 6.45) is 3.42. The number of anilines is 1. The van der Waals surface area contributed by atoms with E-state index in [-0.39, 0.29) is 40.5 Å². The Morgan fingerprint density at radius 3 is 2.38 bits per heavy atom. The molecular weight excluding hydrogens is 457 g/mol. The van der Waals surface area contributed by atoms with Crippen molar-refractivity contribution in [1.29, 1.82) is 0 Å². The SMILES string of the molecule is CC(=O)Nc1ccc(S(=O)(=O)N2CCC(NC(=O)/C=C/c3c(F)cccc3Cl)CC2)cc1. The van der Waals surface area contributed by atoms with Crippen LogP contribution in [0.4, 0.5) is 10.1 Å². The Balaban J connectivity index is 1.55. The Labute approximate surface area is 191 Å². The van der Waals surface area contributed by atoms with E-state index in [1.54, 1.807) is 0 Å². The quantitative estimate of drug-likeness (QED) is 0.620. The van der Waals surface area contributed by atoms with Crippen LogP contribution in [0.15, 0.2) is 53.4 Å². The molecule has 1 aliphatic heterocycles. The van der Waals surface area contributed by atoms with Gasteiger partial charge in [0.05, 0.1) is 9.92 Å². The lowest BCUT2D eigenvalue weighted by atomic mass is 10.1. The highest BCUT2D eigenvalue weighted by Crippen LogP contribution is 2.23. The Morgan fingerprint density at radius 2 is 1.78 bits per heavy atom. The molecule has 2 aromatic rings. The van der Waals surface area contributed by atoms with Crippen LogP contribution in [0.5, 0.6) is 0 Å². The number of hydrogen-bond acceptors (Lipinski definition) is 4. The first-order valence-corrected chi connectivity index (χ1v) is 11.8. The van der Waals surface area contributed by atoms with Crippen LogP contribution in [0.2, 0.25) is 5.02 Å². The molecule has 1 aliphatic rings. The lowest BCUT2D eigenvalue weighted by molar-refractivity contribution is -0.117. The molecule has 0 spiro atoms. The van der Waals surface area contributed by atoms with Crippen molar-refractivity contribution < 1.29 is 22.4 Å². The number of nitrogens with zero attached hydrogens (tertiary/aromatic N) is 1. The van der Waals surface area contributed by atoms with E-state index in [1.807, 2.05) is 0 Å². The van der Waals surface area contributed by atoms with Crippen molar-refractivity contribution in [2.24, 2.45) is 0 Å². The molecule has 0 atom stereocenters. The van der Waals surface area contributed by atoms with Crippen LogP contribution >= 0.6 is 11.6 Å². The molecule has 170 valence electrons. The van der Waals surface area contributed by atoms with Crippen LogP contribution in [-0.2, 0) is 19.6 Å². The summed E-state index contributed by atoms with van der Waals surface area (Å²) in [7, 11) is -3.68. The number of nitrogens with one attached hydrogen (secondary N) is 2. The minimum Gasteiger partial charge on any atom is -0.350 e. The molecule has 1 saturated heterocycles. The van der Waals surface area contributed by atoms with Gasteiger partial charge in [-0.3, -0.25) is 9.59 Å². The molecule has 0 aliphatic carbocycles. The highest BCUT2D eigenvalue weighted by Gasteiger charge is 2.29. The monoisotopic (exact) mass is 479 g/mol. The van der Waals surface area contributed by atoms with Crippen molar-refractivity contribution in [2.45, 2.75) is 30.7 Å². The number of benzene rings is 2. The van der Waals surface area contributed by atoms with Gasteiger partial charge in [0.1, 0.15) is 5.82 Å². The van der Waals surface area contributed by atoms with Gasteiger partial charge in [0.15, 0.2) is 0 Å². The fourth-order valence-electron chi connectivity index (χ4n) is 3.38. The molecule has 2 N–H and O–H groups in total. The van der Waals surface area contributed by atoms with Crippen LogP contribution < -0.4 is 10.6 Å². The van der Waals surface area contributed by atoms with E-state index in [4.69, 9.17) is 11.6 Å². The zero-order valence-corrected chi connectivity index (χ0v) is 18.9. The second-order valence-electron chi connectivity index (χ2n) is 7.36. The first-order valence-electron chi connectivity index (χ1n) is 9.97. The third-order valence-electron chi connectivity index (χ3n) is 5.01. The minimum absolute atomic E-state index is 0.134. The highest BCUT2D eigenvalue weighted by molar-refractivity contribution is 7.89. The fourth-order valence-corrected chi connectivity index (χ4v) is 5.08. The Kier molecular flexibility index (Phi) is 7.65. The molecule has 3 rings (SSSR count). The Morgan fingerprint density at radius 1 is 1.12 bits per heavy atom. The number of amides is 2. The third-order valence-corrected chi connectivity index (χ3v) is 7.26. The maximum absolute atomic E-state index is 13.8. The summed E-state index contributed by atoms with van der Waals surface area (Å²) < 4.78 is 40.9. The van der Waals surface area contributed by atoms with Crippen molar-refractivity contribution in [1.82, 2.24) is 9.62 Å². The zero-order valence-electron chi connectivity index (χ0n) is 17.3. The van der Waals surface area contributed by atoms with Crippen molar-refractivity contribution in [2.75, 3.05) is 18.4 Å². The van der Waals surface area contributed by atoms with Crippen molar-refractivity contribution in [3.05, 3.63) is 64.9 Å². The summed E-state index contributed by atoms with van der Waals surface area (Å²) in [5, 5.41) is 5.61. The summed E-state index contributed by atoms with van der Waals surface area (Å²) in [5.74, 6) is -1.17. The minimum atomic E-state index is -3.68. The standard InChI is InChI=1S/C22H23ClFN3O4S/c1-15(28)25-16-5-7-18(8-6-16)32(30,31)27-13-11-17(12-14-27)26-22(29)10-9-19-20(23)3-2-4-21(19)24/h2-10,17H,11-14H2,1H3,(H,25,28)(H,26,29)/b10-9+. The second-order valence-corrected chi connectivity index (χ2v) is 9.71. The van der Waals surface area contributed by atoms with Crippen LogP contribution in [0.1, 0.15) is 25.3 Å². The first kappa shape index (κ1) is 23.9. The predicted molar refractivity (Wildman–Crippen MR) is 121 cm³/mol. The molecule has 0 bridgehead atoms. The largest absolute Gasteiger partial charge is 0.350 e. The lowest BCUT2D eigenvalue weighted by Crippen LogP contribution is -2.46. The topological polar surface area (TPSA) is 95.6 Å². The fraction of sp³-hybridized carbons (Fsp3) is 0.273. The number of carbonyl (C=O) groups is 2. The molecule has 0 saturated carbocycles. The van der Waals surface area contributed by atoms with Gasteiger partial charge in [-0.15, -0.1) is 0 Å². The first-order chi connectivity index (χ1) is 15.2. The average Bonchev–Trinajstić information content (AvgIpc) is 2.74. The van der Waals surface area contributed by atoms with E-state index < -0.39 is 21.7 Å². The van der Waals surface area contributed by atoms with Gasteiger partial charge in [0.25, 0.3) is 0 Å². The summed E-state index contributed by atoms with van der Waals surface area (Å²) >= 11 is 5.94. The molecule has 7 nitrogen and oxygen atoms in total. The molecule has 2 amide bonds. The van der Waals surface area contributed by atoms with Crippen LogP contribution in [0.25, 0.3) is 6.08 Å². The maximum Gasteiger partial charge on any atom is 0.244 e. The zero-order chi connectivity index (χ0) is 23.3. The lowest BCUT2D eigenvalue weighted by Gasteiger charge is -2.31. The number of halogens is 2. The summed E-state index contributed by atoms with van der Waals surface area (Å²) in [4.78, 5) is 23.4. The van der Waals surface area contributed by atoms with Gasteiger partial charge >= 0.3 is 0 Å². The smallest absolute Gasteiger partial charge is 0.244 e. The van der Waals surface area contributed by atoms with Crippen LogP contribution in [0, 0.1) is 5.82 Å². The molecule has 1 fully saturated rings. The van der Waals surface area contributed by atoms with E-state index in [0.29, 0.717) is 18.5 Å². The molecule has 10 heteroatoms. The van der Waals surface area contributed by atoms with E-state index in [1.165, 1.54) is 65.8 Å². The third kappa shape index (κ3) is 5.93. The molecule has 0 unspecified atom stereocenters. The van der Waals surface area contributed by atoms with E-state index in [9.17, 15) is 22.4 Å². The van der Waals surface area contributed by atoms with Gasteiger partial charge in [-0.1, -0.05) is 17.7 Å². The molecule has 0 aromatic heterocycles. The van der Waals surface area contributed by atoms with E-state index in [0.717, 1.165) is 0 Å². The van der Waals surface area contributed by atoms with Crippen molar-refractivity contribution in [3.63, 3.8) is 0 Å².